The second-order valence-corrected chi connectivity index (χ2v) is 5.00. The van der Waals surface area contributed by atoms with Crippen LogP contribution in [0.2, 0.25) is 0 Å². The zero-order chi connectivity index (χ0) is 15.8. The highest BCUT2D eigenvalue weighted by atomic mass is 16.5. The van der Waals surface area contributed by atoms with Gasteiger partial charge in [-0.15, -0.1) is 0 Å². The molecule has 0 radical (unpaired) electrons. The van der Waals surface area contributed by atoms with Gasteiger partial charge in [-0.2, -0.15) is 0 Å². The predicted octanol–water partition coefficient (Wildman–Crippen LogP) is 4.06. The van der Waals surface area contributed by atoms with Gasteiger partial charge in [0, 0.05) is 0 Å². The minimum absolute atomic E-state index is 0.357. The van der Waals surface area contributed by atoms with Gasteiger partial charge in [-0.3, -0.25) is 0 Å². The van der Waals surface area contributed by atoms with E-state index < -0.39 is 0 Å². The molecule has 114 valence electrons. The molecular weight excluding hydrogens is 276 g/mol. The Balaban J connectivity index is 2.07. The van der Waals surface area contributed by atoms with Crippen molar-refractivity contribution in [2.24, 2.45) is 0 Å². The molecule has 0 aliphatic heterocycles. The maximum atomic E-state index is 11.9. The first-order chi connectivity index (χ1) is 10.7. The topological polar surface area (TPSA) is 35.5 Å². The number of hydrogen-bond acceptors (Lipinski definition) is 3. The van der Waals surface area contributed by atoms with Gasteiger partial charge in [0.05, 0.1) is 12.7 Å². The van der Waals surface area contributed by atoms with Crippen LogP contribution in [-0.4, -0.2) is 13.1 Å². The molecule has 0 unspecified atom stereocenters. The first-order valence-electron chi connectivity index (χ1n) is 7.24. The Hall–Kier alpha value is -2.55. The van der Waals surface area contributed by atoms with Crippen molar-refractivity contribution in [3.05, 3.63) is 77.6 Å². The van der Waals surface area contributed by atoms with Gasteiger partial charge in [0.15, 0.2) is 0 Å². The Morgan fingerprint density at radius 3 is 2.41 bits per heavy atom. The molecule has 0 aliphatic rings. The second kappa shape index (κ2) is 8.03. The minimum Gasteiger partial charge on any atom is -0.466 e. The van der Waals surface area contributed by atoms with Crippen LogP contribution in [0.15, 0.2) is 66.4 Å². The molecule has 0 saturated heterocycles. The Labute approximate surface area is 131 Å². The molecule has 3 heteroatoms. The summed E-state index contributed by atoms with van der Waals surface area (Å²) in [6, 6.07) is 17.7. The molecule has 0 heterocycles. The Morgan fingerprint density at radius 2 is 1.73 bits per heavy atom. The van der Waals surface area contributed by atoms with Crippen molar-refractivity contribution in [1.29, 1.82) is 0 Å². The molecule has 2 aromatic carbocycles. The van der Waals surface area contributed by atoms with E-state index in [0.29, 0.717) is 12.0 Å². The van der Waals surface area contributed by atoms with Crippen LogP contribution in [-0.2, 0) is 16.0 Å². The Kier molecular flexibility index (Phi) is 5.78. The van der Waals surface area contributed by atoms with E-state index in [1.165, 1.54) is 18.9 Å². The number of para-hydroxylation sites is 1. The summed E-state index contributed by atoms with van der Waals surface area (Å²) in [5.41, 5.74) is 2.72. The third-order valence-corrected chi connectivity index (χ3v) is 3.40. The van der Waals surface area contributed by atoms with Crippen molar-refractivity contribution in [1.82, 2.24) is 0 Å². The molecule has 0 aliphatic carbocycles. The fraction of sp³-hybridized carbons (Fsp3) is 0.211. The van der Waals surface area contributed by atoms with E-state index in [9.17, 15) is 4.79 Å². The number of carbonyl (C=O) groups is 1. The molecule has 2 aromatic rings. The molecule has 0 spiro atoms. The van der Waals surface area contributed by atoms with Crippen molar-refractivity contribution in [3.8, 4) is 5.75 Å². The third kappa shape index (κ3) is 4.48. The molecule has 2 rings (SSSR count). The molecule has 3 nitrogen and oxygen atoms in total. The van der Waals surface area contributed by atoms with Gasteiger partial charge in [0.2, 0.25) is 0 Å². The van der Waals surface area contributed by atoms with Crippen LogP contribution in [0.3, 0.4) is 0 Å². The smallest absolute Gasteiger partial charge is 0.336 e. The molecule has 0 atom stereocenters. The average Bonchev–Trinajstić information content (AvgIpc) is 2.56. The summed E-state index contributed by atoms with van der Waals surface area (Å²) >= 11 is 0. The summed E-state index contributed by atoms with van der Waals surface area (Å²) in [4.78, 5) is 11.9. The van der Waals surface area contributed by atoms with Crippen LogP contribution in [0.5, 0.6) is 5.75 Å². The summed E-state index contributed by atoms with van der Waals surface area (Å²) in [6.45, 7) is 1.96. The zero-order valence-corrected chi connectivity index (χ0v) is 12.9. The summed E-state index contributed by atoms with van der Waals surface area (Å²) in [6.07, 6.45) is 2.83. The van der Waals surface area contributed by atoms with Gasteiger partial charge >= 0.3 is 5.97 Å². The van der Waals surface area contributed by atoms with Gasteiger partial charge in [-0.25, -0.2) is 4.79 Å². The lowest BCUT2D eigenvalue weighted by Gasteiger charge is -2.08. The van der Waals surface area contributed by atoms with Crippen molar-refractivity contribution < 1.29 is 14.3 Å². The molecular formula is C19H20O3. The van der Waals surface area contributed by atoms with Crippen LogP contribution in [0, 0.1) is 6.92 Å². The maximum Gasteiger partial charge on any atom is 0.336 e. The van der Waals surface area contributed by atoms with E-state index in [1.54, 1.807) is 0 Å². The Morgan fingerprint density at radius 1 is 1.05 bits per heavy atom. The number of esters is 1. The standard InChI is InChI=1S/C19H20O3/c1-15-8-6-7-11-18(15)22-14-17(19(20)21-2)13-12-16-9-4-3-5-10-16/h3-11,14H,12-13H2,1-2H3/b17-14+. The highest BCUT2D eigenvalue weighted by molar-refractivity contribution is 5.88. The van der Waals surface area contributed by atoms with E-state index in [-0.39, 0.29) is 5.97 Å². The highest BCUT2D eigenvalue weighted by Gasteiger charge is 2.11. The number of rotatable bonds is 6. The first-order valence-corrected chi connectivity index (χ1v) is 7.24. The molecule has 0 aromatic heterocycles. The maximum absolute atomic E-state index is 11.9. The minimum atomic E-state index is -0.357. The van der Waals surface area contributed by atoms with Crippen molar-refractivity contribution in [3.63, 3.8) is 0 Å². The summed E-state index contributed by atoms with van der Waals surface area (Å²) in [5.74, 6) is 0.383. The summed E-state index contributed by atoms with van der Waals surface area (Å²) in [7, 11) is 1.38. The van der Waals surface area contributed by atoms with Crippen molar-refractivity contribution in [2.45, 2.75) is 19.8 Å². The van der Waals surface area contributed by atoms with Crippen LogP contribution in [0.4, 0.5) is 0 Å². The summed E-state index contributed by atoms with van der Waals surface area (Å²) < 4.78 is 10.5. The fourth-order valence-electron chi connectivity index (χ4n) is 2.09. The lowest BCUT2D eigenvalue weighted by molar-refractivity contribution is -0.136. The number of carbonyl (C=O) groups excluding carboxylic acids is 1. The third-order valence-electron chi connectivity index (χ3n) is 3.40. The molecule has 0 bridgehead atoms. The quantitative estimate of drug-likeness (QED) is 0.458. The van der Waals surface area contributed by atoms with Crippen LogP contribution >= 0.6 is 0 Å². The average molecular weight is 296 g/mol. The van der Waals surface area contributed by atoms with Crippen molar-refractivity contribution in [2.75, 3.05) is 7.11 Å². The van der Waals surface area contributed by atoms with E-state index in [2.05, 4.69) is 0 Å². The lowest BCUT2D eigenvalue weighted by Crippen LogP contribution is -2.07. The largest absolute Gasteiger partial charge is 0.466 e. The number of aryl methyl sites for hydroxylation is 2. The number of methoxy groups -OCH3 is 1. The normalized spacial score (nSPS) is 11.1. The van der Waals surface area contributed by atoms with E-state index >= 15 is 0 Å². The van der Waals surface area contributed by atoms with Crippen LogP contribution in [0.25, 0.3) is 0 Å². The molecule has 0 fully saturated rings. The van der Waals surface area contributed by atoms with Gasteiger partial charge in [0.25, 0.3) is 0 Å². The second-order valence-electron chi connectivity index (χ2n) is 5.00. The van der Waals surface area contributed by atoms with Crippen LogP contribution < -0.4 is 4.74 Å². The zero-order valence-electron chi connectivity index (χ0n) is 12.9. The van der Waals surface area contributed by atoms with E-state index in [4.69, 9.17) is 9.47 Å². The molecule has 0 amide bonds. The van der Waals surface area contributed by atoms with Crippen molar-refractivity contribution >= 4 is 5.97 Å². The Bertz CT molecular complexity index is 645. The van der Waals surface area contributed by atoms with Gasteiger partial charge < -0.3 is 9.47 Å². The highest BCUT2D eigenvalue weighted by Crippen LogP contribution is 2.18. The number of ether oxygens (including phenoxy) is 2. The molecule has 0 saturated carbocycles. The predicted molar refractivity (Wildman–Crippen MR) is 86.7 cm³/mol. The van der Waals surface area contributed by atoms with Crippen LogP contribution in [0.1, 0.15) is 17.5 Å². The molecule has 22 heavy (non-hydrogen) atoms. The van der Waals surface area contributed by atoms with Gasteiger partial charge in [-0.1, -0.05) is 48.5 Å². The monoisotopic (exact) mass is 296 g/mol. The number of benzene rings is 2. The fourth-order valence-corrected chi connectivity index (χ4v) is 2.09. The SMILES string of the molecule is COC(=O)/C(=C/Oc1ccccc1C)CCc1ccccc1. The number of hydrogen-bond donors (Lipinski definition) is 0. The van der Waals surface area contributed by atoms with E-state index in [1.807, 2.05) is 61.5 Å². The van der Waals surface area contributed by atoms with Gasteiger partial charge in [-0.05, 0) is 37.0 Å². The first kappa shape index (κ1) is 15.8. The molecule has 0 N–H and O–H groups in total. The lowest BCUT2D eigenvalue weighted by atomic mass is 10.1. The van der Waals surface area contributed by atoms with Gasteiger partial charge in [0.1, 0.15) is 12.0 Å². The summed E-state index contributed by atoms with van der Waals surface area (Å²) in [5, 5.41) is 0. The van der Waals surface area contributed by atoms with E-state index in [0.717, 1.165) is 17.7 Å².